The summed E-state index contributed by atoms with van der Waals surface area (Å²) in [6.07, 6.45) is 0. The van der Waals surface area contributed by atoms with E-state index in [1.54, 1.807) is 40.6 Å². The molecule has 2 heterocycles. The predicted octanol–water partition coefficient (Wildman–Crippen LogP) is 2.64. The van der Waals surface area contributed by atoms with Gasteiger partial charge in [0.05, 0.1) is 9.77 Å². The lowest BCUT2D eigenvalue weighted by Crippen LogP contribution is -2.58. The molecule has 0 unspecified atom stereocenters. The molecule has 9 nitrogen and oxygen atoms in total. The lowest BCUT2D eigenvalue weighted by atomic mass is 10.2. The summed E-state index contributed by atoms with van der Waals surface area (Å²) in [6, 6.07) is 16.7. The molecular weight excluding hydrogens is 526 g/mol. The fourth-order valence-corrected chi connectivity index (χ4v) is 6.12. The van der Waals surface area contributed by atoms with Crippen molar-refractivity contribution < 1.29 is 27.5 Å². The Balaban J connectivity index is 1.45. The summed E-state index contributed by atoms with van der Waals surface area (Å²) in [6.45, 7) is 4.27. The first kappa shape index (κ1) is 27.3. The predicted molar refractivity (Wildman–Crippen MR) is 144 cm³/mol. The van der Waals surface area contributed by atoms with E-state index in [4.69, 9.17) is 4.74 Å². The van der Waals surface area contributed by atoms with Crippen LogP contribution in [0.1, 0.15) is 20.8 Å². The molecule has 38 heavy (non-hydrogen) atoms. The van der Waals surface area contributed by atoms with Crippen LogP contribution in [0, 0.1) is 13.8 Å². The molecule has 0 radical (unpaired) electrons. The van der Waals surface area contributed by atoms with E-state index in [0.717, 1.165) is 22.5 Å². The lowest BCUT2D eigenvalue weighted by molar-refractivity contribution is -0.140. The van der Waals surface area contributed by atoms with Crippen molar-refractivity contribution in [2.45, 2.75) is 24.1 Å². The van der Waals surface area contributed by atoms with Crippen molar-refractivity contribution in [3.05, 3.63) is 82.0 Å². The smallest absolute Gasteiger partial charge is 0.262 e. The van der Waals surface area contributed by atoms with Crippen molar-refractivity contribution in [2.75, 3.05) is 32.8 Å². The first-order valence-electron chi connectivity index (χ1n) is 12.1. The minimum absolute atomic E-state index is 0.0601. The number of aryl methyl sites for hydroxylation is 2. The van der Waals surface area contributed by atoms with Crippen LogP contribution in [0.2, 0.25) is 0 Å². The average molecular weight is 556 g/mol. The van der Waals surface area contributed by atoms with Gasteiger partial charge in [-0.15, -0.1) is 11.3 Å². The topological polar surface area (TPSA) is 113 Å². The van der Waals surface area contributed by atoms with Gasteiger partial charge in [0.2, 0.25) is 15.2 Å². The van der Waals surface area contributed by atoms with Gasteiger partial charge in [-0.1, -0.05) is 42.0 Å². The summed E-state index contributed by atoms with van der Waals surface area (Å²) < 4.78 is 32.7. The van der Waals surface area contributed by atoms with Gasteiger partial charge in [0.25, 0.3) is 17.7 Å². The maximum Gasteiger partial charge on any atom is 0.262 e. The Bertz CT molecular complexity index is 1400. The highest BCUT2D eigenvalue weighted by atomic mass is 32.2. The van der Waals surface area contributed by atoms with E-state index in [9.17, 15) is 22.8 Å². The van der Waals surface area contributed by atoms with E-state index in [0.29, 0.717) is 10.6 Å². The van der Waals surface area contributed by atoms with E-state index in [2.05, 4.69) is 5.32 Å². The summed E-state index contributed by atoms with van der Waals surface area (Å²) in [5, 5.41) is 2.33. The summed E-state index contributed by atoms with van der Waals surface area (Å²) in [5.41, 5.74) is 1.78. The molecule has 1 aliphatic heterocycles. The van der Waals surface area contributed by atoms with Gasteiger partial charge in [-0.2, -0.15) is 0 Å². The Morgan fingerprint density at radius 3 is 2.21 bits per heavy atom. The van der Waals surface area contributed by atoms with Crippen molar-refractivity contribution in [1.82, 2.24) is 15.1 Å². The van der Waals surface area contributed by atoms with Gasteiger partial charge in [-0.05, 0) is 49.1 Å². The third-order valence-electron chi connectivity index (χ3n) is 6.28. The zero-order chi connectivity index (χ0) is 27.3. The first-order valence-corrected chi connectivity index (χ1v) is 14.5. The molecule has 0 spiro atoms. The van der Waals surface area contributed by atoms with Crippen LogP contribution in [-0.4, -0.2) is 74.1 Å². The van der Waals surface area contributed by atoms with Crippen molar-refractivity contribution in [1.29, 1.82) is 0 Å². The number of hydrogen-bond acceptors (Lipinski definition) is 7. The Labute approximate surface area is 225 Å². The highest BCUT2D eigenvalue weighted by Gasteiger charge is 2.39. The summed E-state index contributed by atoms with van der Waals surface area (Å²) in [7, 11) is -4.24. The van der Waals surface area contributed by atoms with Crippen molar-refractivity contribution >= 4 is 38.9 Å². The largest absolute Gasteiger partial charge is 0.484 e. The minimum Gasteiger partial charge on any atom is -0.484 e. The van der Waals surface area contributed by atoms with Crippen molar-refractivity contribution in [3.63, 3.8) is 0 Å². The summed E-state index contributed by atoms with van der Waals surface area (Å²) in [5.74, 6) is -0.981. The Morgan fingerprint density at radius 2 is 1.58 bits per heavy atom. The normalized spacial score (nSPS) is 14.6. The molecule has 1 aliphatic rings. The molecule has 0 saturated carbocycles. The van der Waals surface area contributed by atoms with E-state index < -0.39 is 27.0 Å². The maximum absolute atomic E-state index is 13.5. The molecule has 4 rings (SSSR count). The number of nitrogens with one attached hydrogen (secondary N) is 1. The number of piperazine rings is 1. The van der Waals surface area contributed by atoms with E-state index in [1.807, 2.05) is 32.0 Å². The number of carbonyl (C=O) groups is 3. The number of sulfone groups is 1. The second-order valence-electron chi connectivity index (χ2n) is 8.95. The molecule has 0 aliphatic carbocycles. The van der Waals surface area contributed by atoms with Crippen LogP contribution in [-0.2, 0) is 19.4 Å². The number of rotatable bonds is 8. The van der Waals surface area contributed by atoms with E-state index in [1.165, 1.54) is 17.0 Å². The molecule has 1 saturated heterocycles. The average Bonchev–Trinajstić information content (AvgIpc) is 3.46. The summed E-state index contributed by atoms with van der Waals surface area (Å²) >= 11 is 1.15. The van der Waals surface area contributed by atoms with Crippen LogP contribution < -0.4 is 10.1 Å². The number of benzene rings is 2. The van der Waals surface area contributed by atoms with E-state index in [-0.39, 0.29) is 43.6 Å². The fourth-order valence-electron chi connectivity index (χ4n) is 4.03. The molecule has 2 aromatic carbocycles. The first-order chi connectivity index (χ1) is 18.2. The maximum atomic E-state index is 13.5. The molecule has 0 bridgehead atoms. The third-order valence-corrected chi connectivity index (χ3v) is 9.02. The third kappa shape index (κ3) is 6.22. The van der Waals surface area contributed by atoms with Crippen LogP contribution >= 0.6 is 11.3 Å². The van der Waals surface area contributed by atoms with Gasteiger partial charge in [0, 0.05) is 26.2 Å². The summed E-state index contributed by atoms with van der Waals surface area (Å²) in [4.78, 5) is 42.2. The van der Waals surface area contributed by atoms with Crippen molar-refractivity contribution in [2.24, 2.45) is 0 Å². The van der Waals surface area contributed by atoms with Crippen LogP contribution in [0.4, 0.5) is 0 Å². The van der Waals surface area contributed by atoms with Crippen LogP contribution in [0.3, 0.4) is 0 Å². The second-order valence-corrected chi connectivity index (χ2v) is 11.9. The molecule has 1 N–H and O–H groups in total. The van der Waals surface area contributed by atoms with Gasteiger partial charge in [0.15, 0.2) is 6.61 Å². The highest BCUT2D eigenvalue weighted by Crippen LogP contribution is 2.20. The molecule has 3 amide bonds. The minimum atomic E-state index is -4.24. The zero-order valence-electron chi connectivity index (χ0n) is 21.1. The quantitative estimate of drug-likeness (QED) is 0.457. The Hall–Kier alpha value is -3.70. The highest BCUT2D eigenvalue weighted by molar-refractivity contribution is 7.92. The zero-order valence-corrected chi connectivity index (χ0v) is 22.8. The number of thiophene rings is 1. The van der Waals surface area contributed by atoms with Crippen LogP contribution in [0.5, 0.6) is 5.75 Å². The number of carbonyl (C=O) groups excluding carboxylic acids is 3. The Kier molecular flexibility index (Phi) is 8.48. The van der Waals surface area contributed by atoms with Gasteiger partial charge in [0.1, 0.15) is 5.75 Å². The van der Waals surface area contributed by atoms with Gasteiger partial charge in [-0.25, -0.2) is 8.42 Å². The van der Waals surface area contributed by atoms with Crippen LogP contribution in [0.15, 0.2) is 70.9 Å². The number of ether oxygens (including phenoxy) is 1. The number of amides is 3. The molecule has 1 atom stereocenters. The second kappa shape index (κ2) is 11.8. The number of para-hydroxylation sites is 1. The molecular formula is C27H29N3O6S2. The molecule has 11 heteroatoms. The van der Waals surface area contributed by atoms with E-state index >= 15 is 0 Å². The van der Waals surface area contributed by atoms with Crippen LogP contribution in [0.25, 0.3) is 0 Å². The monoisotopic (exact) mass is 555 g/mol. The van der Waals surface area contributed by atoms with Gasteiger partial charge in [-0.3, -0.25) is 14.4 Å². The number of hydrogen-bond donors (Lipinski definition) is 1. The SMILES string of the molecule is Cc1ccc(S(=O)(=O)[C@@H](NC(=O)c2cccs2)C(=O)N2CCN(C(=O)COc3ccccc3C)CC2)cc1. The van der Waals surface area contributed by atoms with Crippen molar-refractivity contribution in [3.8, 4) is 5.75 Å². The fraction of sp³-hybridized carbons (Fsp3) is 0.296. The molecule has 200 valence electrons. The molecule has 1 fully saturated rings. The molecule has 3 aromatic rings. The van der Waals surface area contributed by atoms with Gasteiger partial charge >= 0.3 is 0 Å². The number of nitrogens with zero attached hydrogens (tertiary/aromatic N) is 2. The molecule has 1 aromatic heterocycles. The Morgan fingerprint density at radius 1 is 0.921 bits per heavy atom. The van der Waals surface area contributed by atoms with Gasteiger partial charge < -0.3 is 19.9 Å². The lowest BCUT2D eigenvalue weighted by Gasteiger charge is -2.36. The standard InChI is InChI=1S/C27H29N3O6S2/c1-19-9-11-21(12-10-19)38(34,35)26(28-25(32)23-8-5-17-37-23)27(33)30-15-13-29(14-16-30)24(31)18-36-22-7-4-3-6-20(22)2/h3-12,17,26H,13-16,18H2,1-2H3,(H,28,32)/t26-/m1/s1.